The molecule has 0 aromatic carbocycles. The number of amides is 1. The Labute approximate surface area is 198 Å². The highest BCUT2D eigenvalue weighted by Gasteiger charge is 2.38. The number of aromatic nitrogens is 3. The average Bonchev–Trinajstić information content (AvgIpc) is 3.21. The number of carbonyl (C=O) groups is 2. The summed E-state index contributed by atoms with van der Waals surface area (Å²) in [4.78, 5) is 28.3. The van der Waals surface area contributed by atoms with E-state index in [1.165, 1.54) is 0 Å². The number of carboxylic acid groups (broad SMARTS) is 1. The number of likely N-dealkylation sites (tertiary alicyclic amines) is 1. The summed E-state index contributed by atoms with van der Waals surface area (Å²) in [5, 5.41) is 15.9. The summed E-state index contributed by atoms with van der Waals surface area (Å²) in [5.74, 6) is -2.47. The summed E-state index contributed by atoms with van der Waals surface area (Å²) in [6, 6.07) is 0.363. The summed E-state index contributed by atoms with van der Waals surface area (Å²) in [7, 11) is 0. The van der Waals surface area contributed by atoms with Gasteiger partial charge in [-0.3, -0.25) is 9.69 Å². The molecule has 2 aliphatic rings. The third-order valence-corrected chi connectivity index (χ3v) is 5.97. The van der Waals surface area contributed by atoms with Crippen LogP contribution in [0.4, 0.5) is 13.2 Å². The van der Waals surface area contributed by atoms with Crippen LogP contribution in [-0.2, 0) is 16.1 Å². The van der Waals surface area contributed by atoms with Crippen LogP contribution in [0.2, 0.25) is 0 Å². The standard InChI is InChI=1S/C20H36N6O.C2HF3O2/c1-5-23-10-12-24(13-11-23)15-17-16-26(22-21-17)18-6-8-25(9-7-18)19(27)14-20(2,3)4;3-2(4,5)1(6)7/h16,18H,5-15H2,1-4H3;(H,6,7). The fourth-order valence-corrected chi connectivity index (χ4v) is 4.00. The van der Waals surface area contributed by atoms with Gasteiger partial charge in [0.05, 0.1) is 17.9 Å². The summed E-state index contributed by atoms with van der Waals surface area (Å²) in [5.41, 5.74) is 1.11. The number of hydrogen-bond acceptors (Lipinski definition) is 6. The molecule has 1 aromatic rings. The van der Waals surface area contributed by atoms with Gasteiger partial charge in [-0.2, -0.15) is 13.2 Å². The Hall–Kier alpha value is -2.21. The first-order valence-electron chi connectivity index (χ1n) is 11.7. The Bertz CT molecular complexity index is 793. The molecule has 1 amide bonds. The van der Waals surface area contributed by atoms with Crippen molar-refractivity contribution in [3.63, 3.8) is 0 Å². The van der Waals surface area contributed by atoms with E-state index in [1.54, 1.807) is 0 Å². The maximum Gasteiger partial charge on any atom is 0.490 e. The molecule has 2 fully saturated rings. The van der Waals surface area contributed by atoms with Gasteiger partial charge in [0.2, 0.25) is 5.91 Å². The maximum absolute atomic E-state index is 12.4. The largest absolute Gasteiger partial charge is 0.490 e. The highest BCUT2D eigenvalue weighted by molar-refractivity contribution is 5.76. The lowest BCUT2D eigenvalue weighted by Gasteiger charge is -2.33. The molecular weight excluding hydrogens is 453 g/mol. The number of rotatable bonds is 5. The average molecular weight is 491 g/mol. The van der Waals surface area contributed by atoms with Gasteiger partial charge >= 0.3 is 12.1 Å². The second kappa shape index (κ2) is 12.0. The van der Waals surface area contributed by atoms with Crippen molar-refractivity contribution in [3.05, 3.63) is 11.9 Å². The molecule has 3 rings (SSSR count). The van der Waals surface area contributed by atoms with Crippen molar-refractivity contribution in [1.29, 1.82) is 0 Å². The lowest BCUT2D eigenvalue weighted by molar-refractivity contribution is -0.192. The van der Waals surface area contributed by atoms with Crippen LogP contribution in [0.3, 0.4) is 0 Å². The van der Waals surface area contributed by atoms with Crippen molar-refractivity contribution in [2.45, 2.75) is 65.7 Å². The van der Waals surface area contributed by atoms with Crippen molar-refractivity contribution < 1.29 is 27.9 Å². The first-order valence-corrected chi connectivity index (χ1v) is 11.7. The molecule has 9 nitrogen and oxygen atoms in total. The molecule has 0 saturated carbocycles. The van der Waals surface area contributed by atoms with Gasteiger partial charge in [-0.25, -0.2) is 9.48 Å². The van der Waals surface area contributed by atoms with Gasteiger partial charge in [0.1, 0.15) is 0 Å². The Kier molecular flexibility index (Phi) is 9.86. The second-order valence-corrected chi connectivity index (χ2v) is 10.1. The van der Waals surface area contributed by atoms with E-state index in [-0.39, 0.29) is 11.3 Å². The topological polar surface area (TPSA) is 94.8 Å². The number of carbonyl (C=O) groups excluding carboxylic acids is 1. The molecule has 12 heteroatoms. The van der Waals surface area contributed by atoms with Crippen LogP contribution < -0.4 is 0 Å². The number of piperidine rings is 1. The fraction of sp³-hybridized carbons (Fsp3) is 0.818. The van der Waals surface area contributed by atoms with Crippen LogP contribution in [0.15, 0.2) is 6.20 Å². The van der Waals surface area contributed by atoms with E-state index < -0.39 is 12.1 Å². The molecule has 0 spiro atoms. The number of piperazine rings is 1. The minimum absolute atomic E-state index is 0.0529. The summed E-state index contributed by atoms with van der Waals surface area (Å²) >= 11 is 0. The van der Waals surface area contributed by atoms with Crippen LogP contribution >= 0.6 is 0 Å². The van der Waals surface area contributed by atoms with Gasteiger partial charge in [0, 0.05) is 52.2 Å². The molecule has 2 aliphatic heterocycles. The normalized spacial score (nSPS) is 19.0. The molecule has 34 heavy (non-hydrogen) atoms. The van der Waals surface area contributed by atoms with Crippen LogP contribution in [0, 0.1) is 5.41 Å². The van der Waals surface area contributed by atoms with Gasteiger partial charge in [0.15, 0.2) is 0 Å². The predicted octanol–water partition coefficient (Wildman–Crippen LogP) is 2.65. The molecular formula is C22H37F3N6O3. The van der Waals surface area contributed by atoms with Gasteiger partial charge in [0.25, 0.3) is 0 Å². The predicted molar refractivity (Wildman–Crippen MR) is 120 cm³/mol. The quantitative estimate of drug-likeness (QED) is 0.678. The highest BCUT2D eigenvalue weighted by Crippen LogP contribution is 2.25. The molecule has 1 aromatic heterocycles. The Balaban J connectivity index is 0.000000509. The first-order chi connectivity index (χ1) is 15.8. The summed E-state index contributed by atoms with van der Waals surface area (Å²) in [6.45, 7) is 16.8. The molecule has 0 radical (unpaired) electrons. The number of likely N-dealkylation sites (N-methyl/N-ethyl adjacent to an activating group) is 1. The first kappa shape index (κ1) is 28.0. The minimum atomic E-state index is -5.08. The summed E-state index contributed by atoms with van der Waals surface area (Å²) < 4.78 is 33.8. The number of alkyl halides is 3. The number of halogens is 3. The fourth-order valence-electron chi connectivity index (χ4n) is 4.00. The smallest absolute Gasteiger partial charge is 0.475 e. The molecule has 0 unspecified atom stereocenters. The number of carboxylic acids is 1. The molecule has 0 atom stereocenters. The van der Waals surface area contributed by atoms with E-state index in [0.29, 0.717) is 12.5 Å². The number of nitrogens with zero attached hydrogens (tertiary/aromatic N) is 6. The van der Waals surface area contributed by atoms with Gasteiger partial charge < -0.3 is 14.9 Å². The van der Waals surface area contributed by atoms with Gasteiger partial charge in [-0.1, -0.05) is 32.9 Å². The molecule has 194 valence electrons. The molecule has 0 bridgehead atoms. The van der Waals surface area contributed by atoms with E-state index in [9.17, 15) is 18.0 Å². The lowest BCUT2D eigenvalue weighted by atomic mass is 9.91. The van der Waals surface area contributed by atoms with Crippen LogP contribution in [-0.4, -0.2) is 98.7 Å². The lowest BCUT2D eigenvalue weighted by Crippen LogP contribution is -2.45. The van der Waals surface area contributed by atoms with Crippen molar-refractivity contribution >= 4 is 11.9 Å². The molecule has 1 N–H and O–H groups in total. The number of aliphatic carboxylic acids is 1. The van der Waals surface area contributed by atoms with Crippen molar-refractivity contribution in [1.82, 2.24) is 29.7 Å². The highest BCUT2D eigenvalue weighted by atomic mass is 19.4. The van der Waals surface area contributed by atoms with Crippen LogP contribution in [0.5, 0.6) is 0 Å². The van der Waals surface area contributed by atoms with Crippen molar-refractivity contribution in [2.75, 3.05) is 45.8 Å². The monoisotopic (exact) mass is 490 g/mol. The molecule has 3 heterocycles. The van der Waals surface area contributed by atoms with E-state index >= 15 is 0 Å². The van der Waals surface area contributed by atoms with Gasteiger partial charge in [-0.15, -0.1) is 5.10 Å². The second-order valence-electron chi connectivity index (χ2n) is 10.1. The van der Waals surface area contributed by atoms with Crippen molar-refractivity contribution in [2.24, 2.45) is 5.41 Å². The summed E-state index contributed by atoms with van der Waals surface area (Å²) in [6.07, 6.45) is -0.415. The third kappa shape index (κ3) is 9.21. The van der Waals surface area contributed by atoms with Crippen LogP contribution in [0.1, 0.15) is 58.7 Å². The molecule has 2 saturated heterocycles. The Morgan fingerprint density at radius 1 is 1.03 bits per heavy atom. The van der Waals surface area contributed by atoms with E-state index in [4.69, 9.17) is 9.90 Å². The zero-order chi connectivity index (χ0) is 25.5. The minimum Gasteiger partial charge on any atom is -0.475 e. The van der Waals surface area contributed by atoms with Crippen molar-refractivity contribution in [3.8, 4) is 0 Å². The zero-order valence-corrected chi connectivity index (χ0v) is 20.5. The number of hydrogen-bond donors (Lipinski definition) is 1. The van der Waals surface area contributed by atoms with Gasteiger partial charge in [-0.05, 0) is 24.8 Å². The van der Waals surface area contributed by atoms with E-state index in [2.05, 4.69) is 54.0 Å². The zero-order valence-electron chi connectivity index (χ0n) is 20.5. The Morgan fingerprint density at radius 2 is 1.56 bits per heavy atom. The third-order valence-electron chi connectivity index (χ3n) is 5.97. The molecule has 0 aliphatic carbocycles. The maximum atomic E-state index is 12.4. The Morgan fingerprint density at radius 3 is 2.03 bits per heavy atom. The SMILES string of the molecule is CCN1CCN(Cc2cn(C3CCN(C(=O)CC(C)(C)C)CC3)nn2)CC1.O=C(O)C(F)(F)F. The van der Waals surface area contributed by atoms with E-state index in [0.717, 1.165) is 70.9 Å². The van der Waals surface area contributed by atoms with Crippen LogP contribution in [0.25, 0.3) is 0 Å². The van der Waals surface area contributed by atoms with E-state index in [1.807, 2.05) is 9.58 Å².